The van der Waals surface area contributed by atoms with Crippen LogP contribution in [0.5, 0.6) is 5.75 Å². The number of nitrogens with zero attached hydrogens (tertiary/aromatic N) is 1. The van der Waals surface area contributed by atoms with Crippen LogP contribution in [0.4, 0.5) is 9.18 Å². The fraction of sp³-hybridized carbons (Fsp3) is 0.571. The Morgan fingerprint density at radius 3 is 2.71 bits per heavy atom. The highest BCUT2D eigenvalue weighted by molar-refractivity contribution is 9.10. The number of halogens is 2. The van der Waals surface area contributed by atoms with Crippen molar-refractivity contribution in [3.8, 4) is 5.75 Å². The summed E-state index contributed by atoms with van der Waals surface area (Å²) in [6.45, 7) is 5.58. The number of nitrogens with one attached hydrogen (secondary N) is 1. The van der Waals surface area contributed by atoms with Gasteiger partial charge in [-0.2, -0.15) is 0 Å². The van der Waals surface area contributed by atoms with Crippen molar-refractivity contribution >= 4 is 22.0 Å². The van der Waals surface area contributed by atoms with Gasteiger partial charge in [0.2, 0.25) is 0 Å². The van der Waals surface area contributed by atoms with Crippen LogP contribution in [0.25, 0.3) is 0 Å². The third-order valence-electron chi connectivity index (χ3n) is 2.91. The van der Waals surface area contributed by atoms with E-state index in [9.17, 15) is 9.18 Å². The summed E-state index contributed by atoms with van der Waals surface area (Å²) in [7, 11) is 0. The average Bonchev–Trinajstić information content (AvgIpc) is 3.05. The van der Waals surface area contributed by atoms with E-state index in [0.717, 1.165) is 12.8 Å². The summed E-state index contributed by atoms with van der Waals surface area (Å²) in [5, 5.41) is 2.79. The third kappa shape index (κ3) is 4.84. The van der Waals surface area contributed by atoms with Crippen LogP contribution >= 0.6 is 15.9 Å². The van der Waals surface area contributed by atoms with E-state index in [1.165, 1.54) is 12.3 Å². The van der Waals surface area contributed by atoms with E-state index >= 15 is 0 Å². The van der Waals surface area contributed by atoms with Gasteiger partial charge in [-0.1, -0.05) is 0 Å². The number of rotatable bonds is 4. The molecule has 1 aliphatic carbocycles. The molecular formula is C14H18BrFN2O3. The van der Waals surface area contributed by atoms with Crippen molar-refractivity contribution < 1.29 is 18.7 Å². The number of pyridine rings is 1. The van der Waals surface area contributed by atoms with E-state index in [1.807, 2.05) is 0 Å². The fourth-order valence-corrected chi connectivity index (χ4v) is 2.00. The van der Waals surface area contributed by atoms with Crippen LogP contribution in [0, 0.1) is 5.82 Å². The molecular weight excluding hydrogens is 343 g/mol. The van der Waals surface area contributed by atoms with Gasteiger partial charge < -0.3 is 14.8 Å². The Balaban J connectivity index is 1.89. The van der Waals surface area contributed by atoms with Crippen LogP contribution in [0.15, 0.2) is 16.9 Å². The number of ether oxygens (including phenoxy) is 2. The van der Waals surface area contributed by atoms with E-state index in [1.54, 1.807) is 20.8 Å². The van der Waals surface area contributed by atoms with Gasteiger partial charge >= 0.3 is 6.09 Å². The van der Waals surface area contributed by atoms with E-state index in [-0.39, 0.29) is 12.4 Å². The van der Waals surface area contributed by atoms with Crippen molar-refractivity contribution in [2.45, 2.75) is 44.8 Å². The normalized spacial score (nSPS) is 16.2. The van der Waals surface area contributed by atoms with Crippen LogP contribution in [-0.4, -0.2) is 28.8 Å². The van der Waals surface area contributed by atoms with Gasteiger partial charge in [0.15, 0.2) is 11.6 Å². The molecule has 0 aliphatic heterocycles. The van der Waals surface area contributed by atoms with E-state index in [2.05, 4.69) is 26.2 Å². The second kappa shape index (κ2) is 5.79. The summed E-state index contributed by atoms with van der Waals surface area (Å²) in [6.07, 6.45) is 2.37. The molecule has 1 aliphatic rings. The fourth-order valence-electron chi connectivity index (χ4n) is 1.69. The maximum Gasteiger partial charge on any atom is 0.408 e. The van der Waals surface area contributed by atoms with Gasteiger partial charge in [0.1, 0.15) is 16.8 Å². The first-order chi connectivity index (χ1) is 9.69. The molecule has 1 aromatic rings. The molecule has 0 aromatic carbocycles. The second-order valence-corrected chi connectivity index (χ2v) is 6.95. The molecule has 0 bridgehead atoms. The number of aromatic nitrogens is 1. The minimum atomic E-state index is -0.553. The lowest BCUT2D eigenvalue weighted by molar-refractivity contribution is 0.0476. The topological polar surface area (TPSA) is 60.5 Å². The SMILES string of the molecule is CC(C)(C)OC(=O)NC1(COc2cnc(Br)cc2F)CC1. The first-order valence-corrected chi connectivity index (χ1v) is 7.43. The van der Waals surface area contributed by atoms with Crippen molar-refractivity contribution in [1.29, 1.82) is 0 Å². The lowest BCUT2D eigenvalue weighted by atomic mass is 10.2. The van der Waals surface area contributed by atoms with Gasteiger partial charge in [0.25, 0.3) is 0 Å². The molecule has 116 valence electrons. The first kappa shape index (κ1) is 16.0. The van der Waals surface area contributed by atoms with E-state index in [0.29, 0.717) is 4.60 Å². The Kier molecular flexibility index (Phi) is 4.41. The highest BCUT2D eigenvalue weighted by Gasteiger charge is 2.46. The van der Waals surface area contributed by atoms with Crippen LogP contribution in [0.1, 0.15) is 33.6 Å². The summed E-state index contributed by atoms with van der Waals surface area (Å²) in [6, 6.07) is 1.23. The smallest absolute Gasteiger partial charge is 0.408 e. The number of hydrogen-bond donors (Lipinski definition) is 1. The van der Waals surface area contributed by atoms with Crippen LogP contribution in [-0.2, 0) is 4.74 Å². The second-order valence-electron chi connectivity index (χ2n) is 6.13. The molecule has 21 heavy (non-hydrogen) atoms. The Labute approximate surface area is 131 Å². The molecule has 0 radical (unpaired) electrons. The van der Waals surface area contributed by atoms with Gasteiger partial charge in [0.05, 0.1) is 11.7 Å². The zero-order chi connectivity index (χ0) is 15.7. The highest BCUT2D eigenvalue weighted by atomic mass is 79.9. The first-order valence-electron chi connectivity index (χ1n) is 6.64. The summed E-state index contributed by atoms with van der Waals surface area (Å²) in [5.41, 5.74) is -1.02. The van der Waals surface area contributed by atoms with Crippen LogP contribution < -0.4 is 10.1 Å². The summed E-state index contributed by atoms with van der Waals surface area (Å²) in [4.78, 5) is 15.7. The highest BCUT2D eigenvalue weighted by Crippen LogP contribution is 2.36. The Morgan fingerprint density at radius 2 is 2.19 bits per heavy atom. The number of carbonyl (C=O) groups is 1. The molecule has 1 amide bonds. The Morgan fingerprint density at radius 1 is 1.52 bits per heavy atom. The molecule has 0 unspecified atom stereocenters. The minimum absolute atomic E-state index is 0.0652. The maximum atomic E-state index is 13.6. The van der Waals surface area contributed by atoms with Crippen LogP contribution in [0.3, 0.4) is 0 Å². The monoisotopic (exact) mass is 360 g/mol. The predicted molar refractivity (Wildman–Crippen MR) is 78.7 cm³/mol. The average molecular weight is 361 g/mol. The Bertz CT molecular complexity index is 542. The molecule has 1 saturated carbocycles. The quantitative estimate of drug-likeness (QED) is 0.835. The molecule has 0 saturated heterocycles. The molecule has 1 fully saturated rings. The standard InChI is InChI=1S/C14H18BrFN2O3/c1-13(2,3)21-12(19)18-14(4-5-14)8-20-10-7-17-11(15)6-9(10)16/h6-7H,4-5,8H2,1-3H3,(H,18,19). The molecule has 0 spiro atoms. The van der Waals surface area contributed by atoms with Gasteiger partial charge in [-0.05, 0) is 49.5 Å². The van der Waals surface area contributed by atoms with Gasteiger partial charge in [-0.15, -0.1) is 0 Å². The molecule has 1 heterocycles. The van der Waals surface area contributed by atoms with Gasteiger partial charge in [-0.3, -0.25) is 0 Å². The van der Waals surface area contributed by atoms with Crippen molar-refractivity contribution in [2.75, 3.05) is 6.61 Å². The van der Waals surface area contributed by atoms with Gasteiger partial charge in [0, 0.05) is 6.07 Å². The zero-order valence-electron chi connectivity index (χ0n) is 12.2. The Hall–Kier alpha value is -1.37. The molecule has 5 nitrogen and oxygen atoms in total. The number of hydrogen-bond acceptors (Lipinski definition) is 4. The molecule has 0 atom stereocenters. The summed E-state index contributed by atoms with van der Waals surface area (Å²) >= 11 is 3.08. The van der Waals surface area contributed by atoms with Gasteiger partial charge in [-0.25, -0.2) is 14.2 Å². The zero-order valence-corrected chi connectivity index (χ0v) is 13.8. The molecule has 7 heteroatoms. The van der Waals surface area contributed by atoms with E-state index < -0.39 is 23.1 Å². The molecule has 1 aromatic heterocycles. The molecule has 2 rings (SSSR count). The van der Waals surface area contributed by atoms with Crippen molar-refractivity contribution in [3.63, 3.8) is 0 Å². The molecule has 1 N–H and O–H groups in total. The third-order valence-corrected chi connectivity index (χ3v) is 3.34. The van der Waals surface area contributed by atoms with E-state index in [4.69, 9.17) is 9.47 Å². The number of amides is 1. The lowest BCUT2D eigenvalue weighted by Gasteiger charge is -2.23. The van der Waals surface area contributed by atoms with Crippen molar-refractivity contribution in [2.24, 2.45) is 0 Å². The number of alkyl carbamates (subject to hydrolysis) is 1. The summed E-state index contributed by atoms with van der Waals surface area (Å²) < 4.78 is 24.7. The lowest BCUT2D eigenvalue weighted by Crippen LogP contribution is -2.44. The predicted octanol–water partition coefficient (Wildman–Crippen LogP) is 3.42. The van der Waals surface area contributed by atoms with Crippen molar-refractivity contribution in [1.82, 2.24) is 10.3 Å². The van der Waals surface area contributed by atoms with Crippen molar-refractivity contribution in [3.05, 3.63) is 22.7 Å². The summed E-state index contributed by atoms with van der Waals surface area (Å²) in [5.74, 6) is -0.430. The maximum absolute atomic E-state index is 13.6. The van der Waals surface area contributed by atoms with Crippen LogP contribution in [0.2, 0.25) is 0 Å². The minimum Gasteiger partial charge on any atom is -0.486 e. The number of carbonyl (C=O) groups excluding carboxylic acids is 1. The largest absolute Gasteiger partial charge is 0.486 e.